The predicted octanol–water partition coefficient (Wildman–Crippen LogP) is 2.62. The van der Waals surface area contributed by atoms with Crippen LogP contribution in [0.25, 0.3) is 0 Å². The van der Waals surface area contributed by atoms with E-state index in [1.54, 1.807) is 6.92 Å². The predicted molar refractivity (Wildman–Crippen MR) is 56.7 cm³/mol. The first-order valence-corrected chi connectivity index (χ1v) is 5.26. The van der Waals surface area contributed by atoms with Crippen LogP contribution in [0.3, 0.4) is 0 Å². The Kier molecular flexibility index (Phi) is 4.48. The summed E-state index contributed by atoms with van der Waals surface area (Å²) in [6.45, 7) is 3.15. The van der Waals surface area contributed by atoms with Gasteiger partial charge in [-0.1, -0.05) is 0 Å². The van der Waals surface area contributed by atoms with Crippen LogP contribution >= 0.6 is 0 Å². The molecule has 0 saturated carbocycles. The van der Waals surface area contributed by atoms with Gasteiger partial charge in [0.1, 0.15) is 5.69 Å². The fraction of sp³-hybridized carbons (Fsp3) is 0.455. The SMILES string of the molecule is CCN(CC(C)C#N)c1c(F)c(F)nc(F)c1F. The van der Waals surface area contributed by atoms with Gasteiger partial charge in [-0.05, 0) is 13.8 Å². The topological polar surface area (TPSA) is 39.9 Å². The third-order valence-electron chi connectivity index (χ3n) is 2.39. The number of nitriles is 1. The standard InChI is InChI=1S/C11H11F4N3/c1-3-18(5-6(2)4-16)9-7(12)10(14)17-11(15)8(9)13/h6H,3,5H2,1-2H3. The first-order valence-electron chi connectivity index (χ1n) is 5.26. The molecule has 0 radical (unpaired) electrons. The fourth-order valence-electron chi connectivity index (χ4n) is 1.50. The zero-order valence-corrected chi connectivity index (χ0v) is 9.85. The molecule has 98 valence electrons. The lowest BCUT2D eigenvalue weighted by Crippen LogP contribution is -2.30. The number of hydrogen-bond acceptors (Lipinski definition) is 3. The molecule has 0 bridgehead atoms. The average Bonchev–Trinajstić information content (AvgIpc) is 2.35. The summed E-state index contributed by atoms with van der Waals surface area (Å²) < 4.78 is 52.8. The molecular formula is C11H11F4N3. The van der Waals surface area contributed by atoms with Crippen molar-refractivity contribution in [3.8, 4) is 6.07 Å². The van der Waals surface area contributed by atoms with Crippen molar-refractivity contribution in [1.82, 2.24) is 4.98 Å². The number of halogens is 4. The van der Waals surface area contributed by atoms with Crippen LogP contribution < -0.4 is 4.90 Å². The molecule has 1 rings (SSSR count). The quantitative estimate of drug-likeness (QED) is 0.618. The first kappa shape index (κ1) is 14.2. The first-order chi connectivity index (χ1) is 8.42. The van der Waals surface area contributed by atoms with Gasteiger partial charge in [0.25, 0.3) is 11.9 Å². The Labute approximate surface area is 102 Å². The highest BCUT2D eigenvalue weighted by Crippen LogP contribution is 2.26. The number of nitrogens with zero attached hydrogens (tertiary/aromatic N) is 3. The van der Waals surface area contributed by atoms with Crippen LogP contribution in [0.15, 0.2) is 0 Å². The summed E-state index contributed by atoms with van der Waals surface area (Å²) in [6, 6.07) is 1.88. The summed E-state index contributed by atoms with van der Waals surface area (Å²) >= 11 is 0. The van der Waals surface area contributed by atoms with Crippen LogP contribution in [0.5, 0.6) is 0 Å². The molecule has 1 aromatic rings. The van der Waals surface area contributed by atoms with Gasteiger partial charge < -0.3 is 4.90 Å². The molecule has 7 heteroatoms. The van der Waals surface area contributed by atoms with Crippen molar-refractivity contribution >= 4 is 5.69 Å². The second kappa shape index (κ2) is 5.67. The number of rotatable bonds is 4. The van der Waals surface area contributed by atoms with E-state index in [9.17, 15) is 17.6 Å². The van der Waals surface area contributed by atoms with E-state index in [-0.39, 0.29) is 13.1 Å². The van der Waals surface area contributed by atoms with Crippen molar-refractivity contribution in [2.45, 2.75) is 13.8 Å². The number of anilines is 1. The lowest BCUT2D eigenvalue weighted by Gasteiger charge is -2.24. The minimum atomic E-state index is -1.70. The van der Waals surface area contributed by atoms with Gasteiger partial charge in [0, 0.05) is 13.1 Å². The minimum Gasteiger partial charge on any atom is -0.365 e. The Morgan fingerprint density at radius 1 is 1.22 bits per heavy atom. The highest BCUT2D eigenvalue weighted by atomic mass is 19.2. The van der Waals surface area contributed by atoms with Crippen LogP contribution in [-0.4, -0.2) is 18.1 Å². The molecule has 1 heterocycles. The van der Waals surface area contributed by atoms with E-state index in [4.69, 9.17) is 5.26 Å². The number of hydrogen-bond donors (Lipinski definition) is 0. The lowest BCUT2D eigenvalue weighted by atomic mass is 10.2. The molecule has 1 unspecified atom stereocenters. The monoisotopic (exact) mass is 261 g/mol. The van der Waals surface area contributed by atoms with Gasteiger partial charge in [-0.2, -0.15) is 27.8 Å². The second-order valence-electron chi connectivity index (χ2n) is 3.74. The maximum atomic E-state index is 13.5. The summed E-state index contributed by atoms with van der Waals surface area (Å²) in [5.41, 5.74) is -0.829. The highest BCUT2D eigenvalue weighted by Gasteiger charge is 2.25. The molecule has 0 aliphatic heterocycles. The largest absolute Gasteiger partial charge is 0.365 e. The summed E-state index contributed by atoms with van der Waals surface area (Å²) in [4.78, 5) is 3.54. The molecule has 0 amide bonds. The number of pyridine rings is 1. The van der Waals surface area contributed by atoms with E-state index in [0.717, 1.165) is 4.90 Å². The number of aromatic nitrogens is 1. The van der Waals surface area contributed by atoms with Crippen LogP contribution in [0.1, 0.15) is 13.8 Å². The van der Waals surface area contributed by atoms with E-state index in [2.05, 4.69) is 4.98 Å². The Morgan fingerprint density at radius 3 is 2.11 bits per heavy atom. The zero-order chi connectivity index (χ0) is 13.9. The Balaban J connectivity index is 3.25. The average molecular weight is 261 g/mol. The van der Waals surface area contributed by atoms with Gasteiger partial charge in [0.2, 0.25) is 11.6 Å². The molecule has 0 spiro atoms. The maximum absolute atomic E-state index is 13.5. The van der Waals surface area contributed by atoms with Crippen molar-refractivity contribution in [3.63, 3.8) is 0 Å². The van der Waals surface area contributed by atoms with E-state index in [0.29, 0.717) is 0 Å². The van der Waals surface area contributed by atoms with E-state index >= 15 is 0 Å². The molecule has 1 aromatic heterocycles. The Hall–Kier alpha value is -1.84. The van der Waals surface area contributed by atoms with E-state index < -0.39 is 35.1 Å². The Morgan fingerprint density at radius 2 is 1.72 bits per heavy atom. The van der Waals surface area contributed by atoms with Crippen molar-refractivity contribution in [2.75, 3.05) is 18.0 Å². The molecule has 0 aliphatic rings. The molecule has 0 aliphatic carbocycles. The smallest absolute Gasteiger partial charge is 0.253 e. The van der Waals surface area contributed by atoms with Gasteiger partial charge in [-0.15, -0.1) is 0 Å². The molecule has 3 nitrogen and oxygen atoms in total. The van der Waals surface area contributed by atoms with Crippen LogP contribution in [-0.2, 0) is 0 Å². The molecular weight excluding hydrogens is 250 g/mol. The summed E-state index contributed by atoms with van der Waals surface area (Å²) in [7, 11) is 0. The Bertz CT molecular complexity index is 458. The summed E-state index contributed by atoms with van der Waals surface area (Å²) in [5.74, 6) is -7.05. The normalized spacial score (nSPS) is 12.1. The van der Waals surface area contributed by atoms with Crippen molar-refractivity contribution in [1.29, 1.82) is 5.26 Å². The van der Waals surface area contributed by atoms with Gasteiger partial charge in [-0.3, -0.25) is 0 Å². The van der Waals surface area contributed by atoms with E-state index in [1.807, 2.05) is 6.07 Å². The fourth-order valence-corrected chi connectivity index (χ4v) is 1.50. The molecule has 1 atom stereocenters. The molecule has 0 aromatic carbocycles. The molecule has 0 saturated heterocycles. The zero-order valence-electron chi connectivity index (χ0n) is 9.85. The van der Waals surface area contributed by atoms with Gasteiger partial charge in [-0.25, -0.2) is 0 Å². The summed E-state index contributed by atoms with van der Waals surface area (Å²) in [6.07, 6.45) is 0. The maximum Gasteiger partial charge on any atom is 0.253 e. The van der Waals surface area contributed by atoms with Crippen molar-refractivity contribution in [3.05, 3.63) is 23.5 Å². The molecule has 0 N–H and O–H groups in total. The van der Waals surface area contributed by atoms with Gasteiger partial charge in [0.05, 0.1) is 12.0 Å². The van der Waals surface area contributed by atoms with Crippen molar-refractivity contribution < 1.29 is 17.6 Å². The molecule has 0 fully saturated rings. The van der Waals surface area contributed by atoms with E-state index in [1.165, 1.54) is 6.92 Å². The van der Waals surface area contributed by atoms with Crippen LogP contribution in [0.4, 0.5) is 23.2 Å². The van der Waals surface area contributed by atoms with Gasteiger partial charge >= 0.3 is 0 Å². The minimum absolute atomic E-state index is 0.0380. The summed E-state index contributed by atoms with van der Waals surface area (Å²) in [5, 5.41) is 8.65. The second-order valence-corrected chi connectivity index (χ2v) is 3.74. The third kappa shape index (κ3) is 2.70. The highest BCUT2D eigenvalue weighted by molar-refractivity contribution is 5.48. The van der Waals surface area contributed by atoms with Gasteiger partial charge in [0.15, 0.2) is 0 Å². The lowest BCUT2D eigenvalue weighted by molar-refractivity contribution is 0.405. The van der Waals surface area contributed by atoms with Crippen LogP contribution in [0, 0.1) is 40.8 Å². The molecule has 18 heavy (non-hydrogen) atoms. The third-order valence-corrected chi connectivity index (χ3v) is 2.39. The van der Waals surface area contributed by atoms with Crippen molar-refractivity contribution in [2.24, 2.45) is 5.92 Å². The van der Waals surface area contributed by atoms with Crippen LogP contribution in [0.2, 0.25) is 0 Å².